The summed E-state index contributed by atoms with van der Waals surface area (Å²) >= 11 is 0. The van der Waals surface area contributed by atoms with Crippen LogP contribution in [0.2, 0.25) is 0 Å². The number of hydrogen-bond acceptors (Lipinski definition) is 7. The molecule has 0 radical (unpaired) electrons. The minimum absolute atomic E-state index is 0.0184. The molecule has 11 N–H and O–H groups in total. The fourth-order valence-corrected chi connectivity index (χ4v) is 3.06. The molecule has 1 aromatic carbocycles. The van der Waals surface area contributed by atoms with Crippen molar-refractivity contribution in [1.29, 1.82) is 0 Å². The van der Waals surface area contributed by atoms with Crippen LogP contribution in [0.25, 0.3) is 0 Å². The number of rotatable bonds is 15. The summed E-state index contributed by atoms with van der Waals surface area (Å²) in [7, 11) is 0. The molecule has 0 fully saturated rings. The molecular weight excluding hydrogens is 474 g/mol. The third-order valence-corrected chi connectivity index (χ3v) is 4.96. The Morgan fingerprint density at radius 2 is 1.53 bits per heavy atom. The van der Waals surface area contributed by atoms with Crippen molar-refractivity contribution in [3.8, 4) is 0 Å². The lowest BCUT2D eigenvalue weighted by Gasteiger charge is -2.23. The molecule has 0 heterocycles. The minimum atomic E-state index is -1.37. The van der Waals surface area contributed by atoms with Crippen LogP contribution in [0, 0.1) is 0 Å². The Hall–Kier alpha value is -4.20. The van der Waals surface area contributed by atoms with Gasteiger partial charge in [0.05, 0.1) is 12.5 Å². The molecule has 0 bridgehead atoms. The zero-order valence-corrected chi connectivity index (χ0v) is 19.8. The highest BCUT2D eigenvalue weighted by atomic mass is 16.4. The van der Waals surface area contributed by atoms with Crippen LogP contribution in [-0.2, 0) is 30.4 Å². The summed E-state index contributed by atoms with van der Waals surface area (Å²) in [6, 6.07) is 3.72. The van der Waals surface area contributed by atoms with Gasteiger partial charge in [-0.05, 0) is 25.3 Å². The van der Waals surface area contributed by atoms with E-state index in [9.17, 15) is 29.1 Å². The number of carbonyl (C=O) groups excluding carboxylic acids is 3. The van der Waals surface area contributed by atoms with Crippen LogP contribution >= 0.6 is 0 Å². The van der Waals surface area contributed by atoms with Gasteiger partial charge in [-0.25, -0.2) is 4.79 Å². The number of carbonyl (C=O) groups is 5. The maximum atomic E-state index is 12.9. The summed E-state index contributed by atoms with van der Waals surface area (Å²) in [5.41, 5.74) is 16.8. The first-order valence-corrected chi connectivity index (χ1v) is 11.1. The molecule has 4 atom stereocenters. The predicted molar refractivity (Wildman–Crippen MR) is 129 cm³/mol. The second-order valence-corrected chi connectivity index (χ2v) is 8.03. The van der Waals surface area contributed by atoms with Gasteiger partial charge in [-0.3, -0.25) is 24.2 Å². The molecular formula is C22H33N7O7. The molecule has 198 valence electrons. The first-order valence-electron chi connectivity index (χ1n) is 11.1. The van der Waals surface area contributed by atoms with E-state index >= 15 is 0 Å². The maximum Gasteiger partial charge on any atom is 0.326 e. The van der Waals surface area contributed by atoms with Crippen molar-refractivity contribution in [3.63, 3.8) is 0 Å². The number of guanidine groups is 1. The number of aliphatic carboxylic acids is 2. The summed E-state index contributed by atoms with van der Waals surface area (Å²) < 4.78 is 0. The molecule has 0 aliphatic heterocycles. The van der Waals surface area contributed by atoms with E-state index in [0.29, 0.717) is 5.56 Å². The van der Waals surface area contributed by atoms with Crippen molar-refractivity contribution in [2.45, 2.75) is 56.8 Å². The van der Waals surface area contributed by atoms with Gasteiger partial charge >= 0.3 is 11.9 Å². The number of nitrogens with zero attached hydrogens (tertiary/aromatic N) is 1. The quantitative estimate of drug-likeness (QED) is 0.0712. The number of carboxylic acid groups (broad SMARTS) is 2. The molecule has 36 heavy (non-hydrogen) atoms. The highest BCUT2D eigenvalue weighted by Crippen LogP contribution is 2.06. The van der Waals surface area contributed by atoms with Crippen LogP contribution in [0.4, 0.5) is 0 Å². The Balaban J connectivity index is 2.90. The van der Waals surface area contributed by atoms with Gasteiger partial charge in [0.1, 0.15) is 18.1 Å². The Labute approximate surface area is 207 Å². The molecule has 1 rings (SSSR count). The molecule has 0 aromatic heterocycles. The van der Waals surface area contributed by atoms with E-state index in [4.69, 9.17) is 22.3 Å². The van der Waals surface area contributed by atoms with Gasteiger partial charge in [0.25, 0.3) is 0 Å². The number of aliphatic imine (C=N–C) groups is 1. The average molecular weight is 508 g/mol. The molecule has 0 saturated heterocycles. The lowest BCUT2D eigenvalue weighted by molar-refractivity contribution is -0.142. The molecule has 14 heteroatoms. The van der Waals surface area contributed by atoms with E-state index in [1.165, 1.54) is 6.92 Å². The third kappa shape index (κ3) is 11.3. The lowest BCUT2D eigenvalue weighted by Crippen LogP contribution is -2.56. The average Bonchev–Trinajstić information content (AvgIpc) is 2.80. The molecule has 3 amide bonds. The SMILES string of the molecule is CC(NC(=O)C(N)CC(=O)O)C(=O)NC(CCCN=C(N)N)C(=O)NC(Cc1ccccc1)C(=O)O. The minimum Gasteiger partial charge on any atom is -0.481 e. The zero-order valence-electron chi connectivity index (χ0n) is 19.8. The number of benzene rings is 1. The monoisotopic (exact) mass is 507 g/mol. The van der Waals surface area contributed by atoms with E-state index in [-0.39, 0.29) is 31.8 Å². The number of amides is 3. The summed E-state index contributed by atoms with van der Waals surface area (Å²) in [5.74, 6) is -5.06. The molecule has 1 aromatic rings. The van der Waals surface area contributed by atoms with Gasteiger partial charge in [-0.15, -0.1) is 0 Å². The van der Waals surface area contributed by atoms with E-state index in [0.717, 1.165) is 0 Å². The highest BCUT2D eigenvalue weighted by Gasteiger charge is 2.29. The summed E-state index contributed by atoms with van der Waals surface area (Å²) in [6.45, 7) is 1.48. The second kappa shape index (κ2) is 14.9. The largest absolute Gasteiger partial charge is 0.481 e. The van der Waals surface area contributed by atoms with Crippen LogP contribution in [0.1, 0.15) is 31.7 Å². The molecule has 0 spiro atoms. The smallest absolute Gasteiger partial charge is 0.326 e. The van der Waals surface area contributed by atoms with Crippen molar-refractivity contribution >= 4 is 35.6 Å². The molecule has 4 unspecified atom stereocenters. The van der Waals surface area contributed by atoms with E-state index < -0.39 is 60.2 Å². The number of nitrogens with one attached hydrogen (secondary N) is 3. The summed E-state index contributed by atoms with van der Waals surface area (Å²) in [4.78, 5) is 63.9. The fraction of sp³-hybridized carbons (Fsp3) is 0.455. The predicted octanol–water partition coefficient (Wildman–Crippen LogP) is -2.36. The van der Waals surface area contributed by atoms with Crippen LogP contribution in [-0.4, -0.2) is 76.5 Å². The van der Waals surface area contributed by atoms with Crippen LogP contribution in [0.15, 0.2) is 35.3 Å². The lowest BCUT2D eigenvalue weighted by atomic mass is 10.0. The zero-order chi connectivity index (χ0) is 27.3. The van der Waals surface area contributed by atoms with Crippen molar-refractivity contribution in [2.75, 3.05) is 6.54 Å². The van der Waals surface area contributed by atoms with Crippen molar-refractivity contribution in [3.05, 3.63) is 35.9 Å². The number of carboxylic acids is 2. The van der Waals surface area contributed by atoms with Crippen molar-refractivity contribution in [2.24, 2.45) is 22.2 Å². The van der Waals surface area contributed by atoms with E-state index in [1.807, 2.05) is 0 Å². The second-order valence-electron chi connectivity index (χ2n) is 8.03. The number of hydrogen-bond donors (Lipinski definition) is 8. The third-order valence-electron chi connectivity index (χ3n) is 4.96. The first-order chi connectivity index (χ1) is 16.9. The van der Waals surface area contributed by atoms with Gasteiger partial charge in [-0.2, -0.15) is 0 Å². The van der Waals surface area contributed by atoms with Crippen LogP contribution in [0.5, 0.6) is 0 Å². The Kier molecular flexibility index (Phi) is 12.4. The topological polar surface area (TPSA) is 252 Å². The normalized spacial score (nSPS) is 13.8. The highest BCUT2D eigenvalue weighted by molar-refractivity contribution is 5.94. The van der Waals surface area contributed by atoms with Gasteiger partial charge in [-0.1, -0.05) is 30.3 Å². The molecule has 0 aliphatic carbocycles. The molecule has 0 saturated carbocycles. The summed E-state index contributed by atoms with van der Waals surface area (Å²) in [5, 5.41) is 25.5. The van der Waals surface area contributed by atoms with E-state index in [2.05, 4.69) is 20.9 Å². The Morgan fingerprint density at radius 3 is 2.08 bits per heavy atom. The van der Waals surface area contributed by atoms with Crippen molar-refractivity contribution in [1.82, 2.24) is 16.0 Å². The van der Waals surface area contributed by atoms with Gasteiger partial charge in [0.2, 0.25) is 17.7 Å². The van der Waals surface area contributed by atoms with Gasteiger partial charge < -0.3 is 43.4 Å². The maximum absolute atomic E-state index is 12.9. The molecule has 14 nitrogen and oxygen atoms in total. The van der Waals surface area contributed by atoms with E-state index in [1.54, 1.807) is 30.3 Å². The van der Waals surface area contributed by atoms with Gasteiger partial charge in [0, 0.05) is 13.0 Å². The Bertz CT molecular complexity index is 951. The van der Waals surface area contributed by atoms with Crippen LogP contribution in [0.3, 0.4) is 0 Å². The molecule has 0 aliphatic rings. The van der Waals surface area contributed by atoms with Gasteiger partial charge in [0.15, 0.2) is 5.96 Å². The summed E-state index contributed by atoms with van der Waals surface area (Å²) in [6.07, 6.45) is -0.277. The Morgan fingerprint density at radius 1 is 0.917 bits per heavy atom. The fourth-order valence-electron chi connectivity index (χ4n) is 3.06. The van der Waals surface area contributed by atoms with Crippen molar-refractivity contribution < 1.29 is 34.2 Å². The van der Waals surface area contributed by atoms with Crippen LogP contribution < -0.4 is 33.2 Å². The first kappa shape index (κ1) is 29.8. The number of nitrogens with two attached hydrogens (primary N) is 3. The standard InChI is InChI=1S/C22H33N7O7/c1-12(27-19(33)14(23)11-17(30)31)18(32)28-15(8-5-9-26-22(24)25)20(34)29-16(21(35)36)10-13-6-3-2-4-7-13/h2-4,6-7,12,14-16H,5,8-11,23H2,1H3,(H,27,33)(H,28,32)(H,29,34)(H,30,31)(H,35,36)(H4,24,25,26).